The first-order valence-electron chi connectivity index (χ1n) is 5.28. The van der Waals surface area contributed by atoms with Gasteiger partial charge in [-0.15, -0.1) is 0 Å². The maximum atomic E-state index is 12.1. The van der Waals surface area contributed by atoms with Gasteiger partial charge in [0.05, 0.1) is 18.7 Å². The third-order valence-corrected chi connectivity index (χ3v) is 3.53. The Labute approximate surface area is 103 Å². The van der Waals surface area contributed by atoms with Crippen LogP contribution < -0.4 is 5.73 Å². The maximum absolute atomic E-state index is 12.1. The van der Waals surface area contributed by atoms with Crippen LogP contribution in [0.25, 0.3) is 0 Å². The summed E-state index contributed by atoms with van der Waals surface area (Å²) in [5, 5.41) is 3.64. The predicted octanol–water partition coefficient (Wildman–Crippen LogP) is 0.464. The number of primary amides is 1. The summed E-state index contributed by atoms with van der Waals surface area (Å²) in [5.74, 6) is -0.623. The molecule has 17 heavy (non-hydrogen) atoms. The summed E-state index contributed by atoms with van der Waals surface area (Å²) in [6, 6.07) is 1.77. The molecule has 2 amide bonds. The fourth-order valence-electron chi connectivity index (χ4n) is 1.76. The van der Waals surface area contributed by atoms with Crippen molar-refractivity contribution in [2.45, 2.75) is 12.5 Å². The van der Waals surface area contributed by atoms with E-state index in [0.717, 1.165) is 0 Å². The second kappa shape index (κ2) is 4.46. The average molecular weight is 254 g/mol. The number of carbonyl (C=O) groups excluding carboxylic acids is 2. The molecular formula is C11H14N2O3S. The van der Waals surface area contributed by atoms with Crippen molar-refractivity contribution in [3.63, 3.8) is 0 Å². The molecule has 2 heterocycles. The first-order chi connectivity index (χ1) is 8.03. The quantitative estimate of drug-likeness (QED) is 0.833. The molecule has 5 nitrogen and oxygen atoms in total. The number of hydrogen-bond donors (Lipinski definition) is 1. The van der Waals surface area contributed by atoms with Crippen molar-refractivity contribution >= 4 is 23.2 Å². The minimum atomic E-state index is -1.08. The summed E-state index contributed by atoms with van der Waals surface area (Å²) in [7, 11) is 0. The van der Waals surface area contributed by atoms with Gasteiger partial charge < -0.3 is 15.4 Å². The minimum absolute atomic E-state index is 0.0815. The van der Waals surface area contributed by atoms with E-state index in [9.17, 15) is 9.59 Å². The first kappa shape index (κ1) is 12.1. The van der Waals surface area contributed by atoms with Gasteiger partial charge in [0, 0.05) is 11.9 Å². The zero-order chi connectivity index (χ0) is 12.5. The molecule has 0 bridgehead atoms. The first-order valence-corrected chi connectivity index (χ1v) is 6.22. The number of morpholine rings is 1. The molecule has 0 spiro atoms. The van der Waals surface area contributed by atoms with Crippen molar-refractivity contribution in [1.82, 2.24) is 4.90 Å². The second-order valence-corrected chi connectivity index (χ2v) is 4.96. The highest BCUT2D eigenvalue weighted by molar-refractivity contribution is 7.08. The number of amides is 2. The second-order valence-electron chi connectivity index (χ2n) is 4.18. The van der Waals surface area contributed by atoms with Gasteiger partial charge in [-0.2, -0.15) is 11.3 Å². The Morgan fingerprint density at radius 2 is 2.35 bits per heavy atom. The van der Waals surface area contributed by atoms with Crippen molar-refractivity contribution < 1.29 is 14.3 Å². The van der Waals surface area contributed by atoms with Crippen LogP contribution in [0.2, 0.25) is 0 Å². The van der Waals surface area contributed by atoms with E-state index < -0.39 is 11.5 Å². The van der Waals surface area contributed by atoms with Crippen molar-refractivity contribution in [3.05, 3.63) is 22.4 Å². The highest BCUT2D eigenvalue weighted by Crippen LogP contribution is 2.19. The lowest BCUT2D eigenvalue weighted by atomic mass is 10.0. The van der Waals surface area contributed by atoms with E-state index in [1.807, 2.05) is 5.38 Å². The van der Waals surface area contributed by atoms with E-state index >= 15 is 0 Å². The van der Waals surface area contributed by atoms with Crippen LogP contribution in [-0.2, 0) is 9.53 Å². The molecule has 1 saturated heterocycles. The molecule has 92 valence electrons. The van der Waals surface area contributed by atoms with E-state index in [-0.39, 0.29) is 12.5 Å². The lowest BCUT2D eigenvalue weighted by Gasteiger charge is -2.38. The minimum Gasteiger partial charge on any atom is -0.367 e. The Morgan fingerprint density at radius 1 is 1.59 bits per heavy atom. The van der Waals surface area contributed by atoms with E-state index in [0.29, 0.717) is 18.7 Å². The lowest BCUT2D eigenvalue weighted by Crippen LogP contribution is -2.58. The molecule has 2 N–H and O–H groups in total. The molecule has 1 aromatic rings. The van der Waals surface area contributed by atoms with Crippen LogP contribution in [0.4, 0.5) is 0 Å². The molecule has 1 aromatic heterocycles. The Hall–Kier alpha value is -1.40. The molecule has 1 aliphatic rings. The Bertz CT molecular complexity index is 432. The topological polar surface area (TPSA) is 72.6 Å². The SMILES string of the molecule is C[C@]1(C(N)=O)CN(C(=O)c2ccsc2)CCO1. The molecule has 1 fully saturated rings. The van der Waals surface area contributed by atoms with E-state index in [1.54, 1.807) is 23.3 Å². The number of rotatable bonds is 2. The smallest absolute Gasteiger partial charge is 0.254 e. The van der Waals surface area contributed by atoms with Crippen LogP contribution in [0.5, 0.6) is 0 Å². The third kappa shape index (κ3) is 2.32. The van der Waals surface area contributed by atoms with Gasteiger partial charge in [-0.25, -0.2) is 0 Å². The molecule has 1 atom stereocenters. The molecule has 6 heteroatoms. The Morgan fingerprint density at radius 3 is 2.94 bits per heavy atom. The standard InChI is InChI=1S/C11H14N2O3S/c1-11(10(12)15)7-13(3-4-16-11)9(14)8-2-5-17-6-8/h2,5-6H,3-4,7H2,1H3,(H2,12,15)/t11-/m1/s1. The zero-order valence-corrected chi connectivity index (χ0v) is 10.3. The Balaban J connectivity index is 2.13. The summed E-state index contributed by atoms with van der Waals surface area (Å²) in [5.41, 5.74) is 4.85. The van der Waals surface area contributed by atoms with Gasteiger partial charge in [0.15, 0.2) is 5.60 Å². The van der Waals surface area contributed by atoms with Gasteiger partial charge in [0.2, 0.25) is 0 Å². The monoisotopic (exact) mass is 254 g/mol. The molecular weight excluding hydrogens is 240 g/mol. The van der Waals surface area contributed by atoms with Crippen molar-refractivity contribution in [2.75, 3.05) is 19.7 Å². The average Bonchev–Trinajstić information content (AvgIpc) is 2.81. The van der Waals surface area contributed by atoms with Gasteiger partial charge in [0.25, 0.3) is 11.8 Å². The van der Waals surface area contributed by atoms with Crippen molar-refractivity contribution in [3.8, 4) is 0 Å². The molecule has 0 aromatic carbocycles. The summed E-state index contributed by atoms with van der Waals surface area (Å²) < 4.78 is 5.36. The largest absolute Gasteiger partial charge is 0.367 e. The van der Waals surface area contributed by atoms with Crippen LogP contribution >= 0.6 is 11.3 Å². The summed E-state index contributed by atoms with van der Waals surface area (Å²) >= 11 is 1.47. The molecule has 0 radical (unpaired) electrons. The van der Waals surface area contributed by atoms with Gasteiger partial charge >= 0.3 is 0 Å². The number of hydrogen-bond acceptors (Lipinski definition) is 4. The summed E-state index contributed by atoms with van der Waals surface area (Å²) in [6.45, 7) is 2.63. The normalized spacial score (nSPS) is 24.6. The molecule has 1 aliphatic heterocycles. The molecule has 0 unspecified atom stereocenters. The molecule has 0 aliphatic carbocycles. The number of thiophene rings is 1. The van der Waals surface area contributed by atoms with E-state index in [1.165, 1.54) is 11.3 Å². The number of nitrogens with two attached hydrogens (primary N) is 1. The predicted molar refractivity (Wildman–Crippen MR) is 63.8 cm³/mol. The summed E-state index contributed by atoms with van der Waals surface area (Å²) in [4.78, 5) is 25.0. The third-order valence-electron chi connectivity index (χ3n) is 2.85. The van der Waals surface area contributed by atoms with E-state index in [4.69, 9.17) is 10.5 Å². The number of nitrogens with zero attached hydrogens (tertiary/aromatic N) is 1. The maximum Gasteiger partial charge on any atom is 0.254 e. The van der Waals surface area contributed by atoms with Gasteiger partial charge in [-0.1, -0.05) is 0 Å². The fourth-order valence-corrected chi connectivity index (χ4v) is 2.39. The molecule has 2 rings (SSSR count). The highest BCUT2D eigenvalue weighted by atomic mass is 32.1. The van der Waals surface area contributed by atoms with Crippen molar-refractivity contribution in [2.24, 2.45) is 5.73 Å². The van der Waals surface area contributed by atoms with Crippen LogP contribution in [0.1, 0.15) is 17.3 Å². The molecule has 0 saturated carbocycles. The van der Waals surface area contributed by atoms with Gasteiger partial charge in [-0.05, 0) is 18.4 Å². The number of ether oxygens (including phenoxy) is 1. The van der Waals surface area contributed by atoms with Gasteiger partial charge in [-0.3, -0.25) is 9.59 Å². The number of carbonyl (C=O) groups is 2. The van der Waals surface area contributed by atoms with Gasteiger partial charge in [0.1, 0.15) is 0 Å². The fraction of sp³-hybridized carbons (Fsp3) is 0.455. The summed E-state index contributed by atoms with van der Waals surface area (Å²) in [6.07, 6.45) is 0. The lowest BCUT2D eigenvalue weighted by molar-refractivity contribution is -0.150. The highest BCUT2D eigenvalue weighted by Gasteiger charge is 2.39. The van der Waals surface area contributed by atoms with Crippen LogP contribution in [0.3, 0.4) is 0 Å². The van der Waals surface area contributed by atoms with Crippen LogP contribution in [0.15, 0.2) is 16.8 Å². The van der Waals surface area contributed by atoms with Crippen LogP contribution in [-0.4, -0.2) is 42.0 Å². The Kier molecular flexibility index (Phi) is 3.17. The zero-order valence-electron chi connectivity index (χ0n) is 9.51. The van der Waals surface area contributed by atoms with Crippen molar-refractivity contribution in [1.29, 1.82) is 0 Å². The van der Waals surface area contributed by atoms with E-state index in [2.05, 4.69) is 0 Å². The van der Waals surface area contributed by atoms with Crippen LogP contribution in [0, 0.1) is 0 Å².